The van der Waals surface area contributed by atoms with Crippen molar-refractivity contribution in [3.63, 3.8) is 0 Å². The number of anilines is 1. The number of ether oxygens (including phenoxy) is 1. The standard InChI is InChI=1S/C23H16ClN5O3S2/c1-32-22(31)15-4-2-3-5-17(15)26-18(30)11-34-23-28-27-20-19-16(13-6-8-14(24)9-7-13)10-33-21(19)25-12-29(20)23/h2-10,12H,11H2,1H3,(H,26,30). The molecule has 0 saturated heterocycles. The minimum absolute atomic E-state index is 0.0714. The van der Waals surface area contributed by atoms with Gasteiger partial charge in [0.05, 0.1) is 29.5 Å². The lowest BCUT2D eigenvalue weighted by Crippen LogP contribution is -2.17. The number of halogens is 1. The molecule has 0 spiro atoms. The highest BCUT2D eigenvalue weighted by Crippen LogP contribution is 2.36. The Bertz CT molecular complexity index is 1530. The Balaban J connectivity index is 1.39. The van der Waals surface area contributed by atoms with E-state index in [0.29, 0.717) is 21.5 Å². The predicted octanol–water partition coefficient (Wildman–Crippen LogP) is 5.18. The summed E-state index contributed by atoms with van der Waals surface area (Å²) < 4.78 is 6.54. The Morgan fingerprint density at radius 3 is 2.74 bits per heavy atom. The molecule has 0 aliphatic carbocycles. The van der Waals surface area contributed by atoms with E-state index in [1.807, 2.05) is 29.6 Å². The Morgan fingerprint density at radius 1 is 1.15 bits per heavy atom. The van der Waals surface area contributed by atoms with Gasteiger partial charge in [-0.25, -0.2) is 9.78 Å². The number of thiophene rings is 1. The number of carbonyl (C=O) groups is 2. The van der Waals surface area contributed by atoms with Crippen LogP contribution in [-0.2, 0) is 9.53 Å². The summed E-state index contributed by atoms with van der Waals surface area (Å²) in [5, 5.41) is 15.5. The summed E-state index contributed by atoms with van der Waals surface area (Å²) in [6, 6.07) is 14.3. The molecule has 170 valence electrons. The molecule has 8 nitrogen and oxygen atoms in total. The number of amides is 1. The SMILES string of the molecule is COC(=O)c1ccccc1NC(=O)CSc1nnc2c3c(-c4ccc(Cl)cc4)csc3ncn12. The molecule has 0 radical (unpaired) electrons. The van der Waals surface area contributed by atoms with E-state index >= 15 is 0 Å². The van der Waals surface area contributed by atoms with E-state index in [4.69, 9.17) is 16.3 Å². The average molecular weight is 510 g/mol. The lowest BCUT2D eigenvalue weighted by Gasteiger charge is -2.09. The van der Waals surface area contributed by atoms with Crippen LogP contribution in [0.3, 0.4) is 0 Å². The molecular formula is C23H16ClN5O3S2. The van der Waals surface area contributed by atoms with Crippen molar-refractivity contribution in [3.05, 3.63) is 70.8 Å². The molecule has 0 bridgehead atoms. The summed E-state index contributed by atoms with van der Waals surface area (Å²) in [5.74, 6) is -0.735. The highest BCUT2D eigenvalue weighted by molar-refractivity contribution is 7.99. The first-order valence-electron chi connectivity index (χ1n) is 10.0. The zero-order chi connectivity index (χ0) is 23.7. The van der Waals surface area contributed by atoms with Crippen LogP contribution in [0.5, 0.6) is 0 Å². The van der Waals surface area contributed by atoms with Crippen LogP contribution in [-0.4, -0.2) is 44.3 Å². The topological polar surface area (TPSA) is 98.5 Å². The highest BCUT2D eigenvalue weighted by Gasteiger charge is 2.18. The number of hydrogen-bond acceptors (Lipinski definition) is 8. The third kappa shape index (κ3) is 4.23. The van der Waals surface area contributed by atoms with Gasteiger partial charge < -0.3 is 10.1 Å². The molecular weight excluding hydrogens is 494 g/mol. The van der Waals surface area contributed by atoms with Crippen LogP contribution in [0.25, 0.3) is 27.0 Å². The zero-order valence-electron chi connectivity index (χ0n) is 17.7. The highest BCUT2D eigenvalue weighted by atomic mass is 35.5. The van der Waals surface area contributed by atoms with Crippen LogP contribution in [0.2, 0.25) is 5.02 Å². The first kappa shape index (κ1) is 22.3. The quantitative estimate of drug-likeness (QED) is 0.249. The smallest absolute Gasteiger partial charge is 0.339 e. The lowest BCUT2D eigenvalue weighted by molar-refractivity contribution is -0.113. The van der Waals surface area contributed by atoms with Gasteiger partial charge in [0.15, 0.2) is 10.8 Å². The number of hydrogen-bond donors (Lipinski definition) is 1. The van der Waals surface area contributed by atoms with Crippen LogP contribution in [0.1, 0.15) is 10.4 Å². The monoisotopic (exact) mass is 509 g/mol. The largest absolute Gasteiger partial charge is 0.465 e. The van der Waals surface area contributed by atoms with Crippen LogP contribution in [0, 0.1) is 0 Å². The van der Waals surface area contributed by atoms with Gasteiger partial charge in [-0.05, 0) is 29.8 Å². The molecule has 2 aromatic carbocycles. The van der Waals surface area contributed by atoms with Crippen LogP contribution in [0.15, 0.2) is 65.4 Å². The maximum absolute atomic E-state index is 12.6. The molecule has 5 rings (SSSR count). The summed E-state index contributed by atoms with van der Waals surface area (Å²) in [4.78, 5) is 29.9. The van der Waals surface area contributed by atoms with Crippen molar-refractivity contribution in [2.45, 2.75) is 5.16 Å². The molecule has 3 aromatic heterocycles. The third-order valence-electron chi connectivity index (χ3n) is 5.04. The third-order valence-corrected chi connectivity index (χ3v) is 7.13. The molecule has 1 amide bonds. The van der Waals surface area contributed by atoms with E-state index < -0.39 is 5.97 Å². The van der Waals surface area contributed by atoms with Gasteiger partial charge in [-0.2, -0.15) is 0 Å². The second-order valence-corrected chi connectivity index (χ2v) is 9.37. The molecule has 5 aromatic rings. The molecule has 0 atom stereocenters. The van der Waals surface area contributed by atoms with Gasteiger partial charge in [-0.15, -0.1) is 21.5 Å². The number of aromatic nitrogens is 4. The first-order chi connectivity index (χ1) is 16.5. The van der Waals surface area contributed by atoms with Crippen molar-refractivity contribution in [1.29, 1.82) is 0 Å². The number of esters is 1. The van der Waals surface area contributed by atoms with E-state index in [9.17, 15) is 9.59 Å². The van der Waals surface area contributed by atoms with Gasteiger partial charge in [0.1, 0.15) is 11.2 Å². The van der Waals surface area contributed by atoms with Crippen molar-refractivity contribution < 1.29 is 14.3 Å². The number of nitrogens with zero attached hydrogens (tertiary/aromatic N) is 4. The van der Waals surface area contributed by atoms with Crippen molar-refractivity contribution in [2.75, 3.05) is 18.2 Å². The minimum atomic E-state index is -0.519. The summed E-state index contributed by atoms with van der Waals surface area (Å²) in [5.41, 5.74) is 3.34. The maximum Gasteiger partial charge on any atom is 0.339 e. The van der Waals surface area contributed by atoms with Crippen molar-refractivity contribution in [2.24, 2.45) is 0 Å². The summed E-state index contributed by atoms with van der Waals surface area (Å²) in [6.45, 7) is 0. The Labute approximate surface area is 206 Å². The van der Waals surface area contributed by atoms with Gasteiger partial charge in [0.25, 0.3) is 0 Å². The molecule has 0 unspecified atom stereocenters. The number of benzene rings is 2. The van der Waals surface area contributed by atoms with Crippen molar-refractivity contribution in [3.8, 4) is 11.1 Å². The van der Waals surface area contributed by atoms with Gasteiger partial charge in [0.2, 0.25) is 5.91 Å². The maximum atomic E-state index is 12.6. The molecule has 3 heterocycles. The van der Waals surface area contributed by atoms with Gasteiger partial charge in [0, 0.05) is 16.0 Å². The van der Waals surface area contributed by atoms with Crippen LogP contribution < -0.4 is 5.32 Å². The normalized spacial score (nSPS) is 11.1. The number of para-hydroxylation sites is 1. The number of rotatable bonds is 6. The number of nitrogens with one attached hydrogen (secondary N) is 1. The predicted molar refractivity (Wildman–Crippen MR) is 134 cm³/mol. The fourth-order valence-corrected chi connectivity index (χ4v) is 5.20. The van der Waals surface area contributed by atoms with Gasteiger partial charge >= 0.3 is 5.97 Å². The molecule has 0 saturated carbocycles. The van der Waals surface area contributed by atoms with Gasteiger partial charge in [-0.3, -0.25) is 9.20 Å². The minimum Gasteiger partial charge on any atom is -0.465 e. The number of thioether (sulfide) groups is 1. The molecule has 0 fully saturated rings. The van der Waals surface area contributed by atoms with Crippen LogP contribution >= 0.6 is 34.7 Å². The number of carbonyl (C=O) groups excluding carboxylic acids is 2. The first-order valence-corrected chi connectivity index (χ1v) is 12.3. The van der Waals surface area contributed by atoms with Crippen molar-refractivity contribution in [1.82, 2.24) is 19.6 Å². The Kier molecular flexibility index (Phi) is 6.18. The van der Waals surface area contributed by atoms with E-state index in [2.05, 4.69) is 20.5 Å². The molecule has 1 N–H and O–H groups in total. The molecule has 34 heavy (non-hydrogen) atoms. The van der Waals surface area contributed by atoms with E-state index in [-0.39, 0.29) is 17.2 Å². The molecule has 0 aliphatic heterocycles. The summed E-state index contributed by atoms with van der Waals surface area (Å²) in [7, 11) is 1.30. The number of fused-ring (bicyclic) bond motifs is 3. The van der Waals surface area contributed by atoms with E-state index in [1.54, 1.807) is 35.0 Å². The summed E-state index contributed by atoms with van der Waals surface area (Å²) in [6.07, 6.45) is 1.66. The van der Waals surface area contributed by atoms with Crippen molar-refractivity contribution >= 4 is 68.1 Å². The molecule has 11 heteroatoms. The summed E-state index contributed by atoms with van der Waals surface area (Å²) >= 11 is 8.79. The second kappa shape index (κ2) is 9.41. The zero-order valence-corrected chi connectivity index (χ0v) is 20.1. The average Bonchev–Trinajstić information content (AvgIpc) is 3.47. The van der Waals surface area contributed by atoms with E-state index in [0.717, 1.165) is 21.3 Å². The van der Waals surface area contributed by atoms with E-state index in [1.165, 1.54) is 30.2 Å². The lowest BCUT2D eigenvalue weighted by atomic mass is 10.1. The van der Waals surface area contributed by atoms with Crippen LogP contribution in [0.4, 0.5) is 5.69 Å². The fraction of sp³-hybridized carbons (Fsp3) is 0.0870. The number of methoxy groups -OCH3 is 1. The molecule has 0 aliphatic rings. The second-order valence-electron chi connectivity index (χ2n) is 7.13. The Hall–Kier alpha value is -3.47. The van der Waals surface area contributed by atoms with Gasteiger partial charge in [-0.1, -0.05) is 47.6 Å². The fourth-order valence-electron chi connectivity index (χ4n) is 3.46. The Morgan fingerprint density at radius 2 is 1.94 bits per heavy atom.